The van der Waals surface area contributed by atoms with Gasteiger partial charge in [-0.05, 0) is 11.1 Å². The number of halogens is 2. The van der Waals surface area contributed by atoms with Crippen molar-refractivity contribution in [2.75, 3.05) is 37.8 Å². The predicted molar refractivity (Wildman–Crippen MR) is 122 cm³/mol. The van der Waals surface area contributed by atoms with Crippen LogP contribution in [0.1, 0.15) is 17.2 Å². The fourth-order valence-electron chi connectivity index (χ4n) is 3.86. The Balaban J connectivity index is 0.00000140. The predicted octanol–water partition coefficient (Wildman–Crippen LogP) is 3.43. The molecule has 0 bridgehead atoms. The molecule has 0 aromatic heterocycles. The molecule has 0 radical (unpaired) electrons. The summed E-state index contributed by atoms with van der Waals surface area (Å²) in [6.07, 6.45) is 0. The van der Waals surface area contributed by atoms with Crippen molar-refractivity contribution in [3.8, 4) is 0 Å². The summed E-state index contributed by atoms with van der Waals surface area (Å²) >= 11 is 1.81. The lowest BCUT2D eigenvalue weighted by molar-refractivity contribution is -0.134. The van der Waals surface area contributed by atoms with E-state index in [0.717, 1.165) is 37.8 Å². The Kier molecular flexibility index (Phi) is 9.12. The molecule has 152 valence electrons. The van der Waals surface area contributed by atoms with Crippen LogP contribution in [0, 0.1) is 0 Å². The van der Waals surface area contributed by atoms with Gasteiger partial charge in [0, 0.05) is 37.8 Å². The van der Waals surface area contributed by atoms with Crippen LogP contribution in [-0.2, 0) is 4.79 Å². The van der Waals surface area contributed by atoms with Crippen LogP contribution in [0.2, 0.25) is 0 Å². The summed E-state index contributed by atoms with van der Waals surface area (Å²) in [7, 11) is 0. The fraction of sp³-hybridized carbons (Fsp3) is 0.381. The van der Waals surface area contributed by atoms with Crippen molar-refractivity contribution < 1.29 is 4.79 Å². The molecule has 1 N–H and O–H groups in total. The van der Waals surface area contributed by atoms with E-state index < -0.39 is 0 Å². The lowest BCUT2D eigenvalue weighted by Gasteiger charge is -2.40. The molecule has 0 aliphatic carbocycles. The largest absolute Gasteiger partial charge is 0.339 e. The van der Waals surface area contributed by atoms with E-state index in [4.69, 9.17) is 0 Å². The quantitative estimate of drug-likeness (QED) is 0.791. The first-order valence-electron chi connectivity index (χ1n) is 9.27. The van der Waals surface area contributed by atoms with E-state index in [0.29, 0.717) is 0 Å². The molecule has 2 aliphatic heterocycles. The first kappa shape index (κ1) is 23.0. The lowest BCUT2D eigenvalue weighted by atomic mass is 9.96. The third-order valence-corrected chi connectivity index (χ3v) is 6.18. The number of carbonyl (C=O) groups is 1. The Bertz CT molecular complexity index is 681. The zero-order valence-electron chi connectivity index (χ0n) is 15.7. The van der Waals surface area contributed by atoms with Gasteiger partial charge in [0.05, 0.1) is 12.1 Å². The van der Waals surface area contributed by atoms with Gasteiger partial charge in [-0.2, -0.15) is 0 Å². The topological polar surface area (TPSA) is 35.6 Å². The van der Waals surface area contributed by atoms with Gasteiger partial charge in [-0.3, -0.25) is 15.0 Å². The van der Waals surface area contributed by atoms with E-state index in [-0.39, 0.29) is 42.8 Å². The number of hydrogen-bond acceptors (Lipinski definition) is 4. The molecular weight excluding hydrogens is 413 g/mol. The first-order valence-corrected chi connectivity index (χ1v) is 10.4. The van der Waals surface area contributed by atoms with E-state index in [2.05, 4.69) is 70.9 Å². The second kappa shape index (κ2) is 11.1. The first-order chi connectivity index (χ1) is 12.8. The SMILES string of the molecule is Cl.Cl.O=C(C1CSCN1)N1CCN(C(c2ccccc2)c2ccccc2)CC1. The van der Waals surface area contributed by atoms with Gasteiger partial charge in [0.2, 0.25) is 5.91 Å². The van der Waals surface area contributed by atoms with Gasteiger partial charge < -0.3 is 4.90 Å². The summed E-state index contributed by atoms with van der Waals surface area (Å²) in [5.74, 6) is 2.06. The number of nitrogens with zero attached hydrogens (tertiary/aromatic N) is 2. The van der Waals surface area contributed by atoms with Crippen molar-refractivity contribution in [2.24, 2.45) is 0 Å². The van der Waals surface area contributed by atoms with E-state index >= 15 is 0 Å². The summed E-state index contributed by atoms with van der Waals surface area (Å²) in [6.45, 7) is 3.41. The maximum atomic E-state index is 12.6. The Hall–Kier alpha value is -1.24. The zero-order valence-corrected chi connectivity index (χ0v) is 18.1. The highest BCUT2D eigenvalue weighted by Gasteiger charge is 2.32. The number of amides is 1. The van der Waals surface area contributed by atoms with Crippen molar-refractivity contribution >= 4 is 42.5 Å². The van der Waals surface area contributed by atoms with Crippen LogP contribution in [0.15, 0.2) is 60.7 Å². The summed E-state index contributed by atoms with van der Waals surface area (Å²) in [4.78, 5) is 17.2. The molecule has 2 aromatic rings. The molecule has 4 nitrogen and oxygen atoms in total. The monoisotopic (exact) mass is 439 g/mol. The van der Waals surface area contributed by atoms with Crippen LogP contribution in [-0.4, -0.2) is 59.6 Å². The number of thioether (sulfide) groups is 1. The molecule has 1 atom stereocenters. The standard InChI is InChI=1S/C21H25N3OS.2ClH/c25-21(19-15-26-16-22-19)24-13-11-23(12-14-24)20(17-7-3-1-4-8-17)18-9-5-2-6-10-18;;/h1-10,19-20,22H,11-16H2;2*1H. The average molecular weight is 440 g/mol. The van der Waals surface area contributed by atoms with E-state index in [9.17, 15) is 4.79 Å². The molecule has 0 spiro atoms. The van der Waals surface area contributed by atoms with Crippen LogP contribution in [0.3, 0.4) is 0 Å². The highest BCUT2D eigenvalue weighted by Crippen LogP contribution is 2.29. The zero-order chi connectivity index (χ0) is 17.8. The number of rotatable bonds is 4. The Morgan fingerprint density at radius 1 is 0.893 bits per heavy atom. The third-order valence-electron chi connectivity index (χ3n) is 5.24. The van der Waals surface area contributed by atoms with Crippen molar-refractivity contribution in [2.45, 2.75) is 12.1 Å². The second-order valence-corrected chi connectivity index (χ2v) is 7.89. The molecule has 2 saturated heterocycles. The van der Waals surface area contributed by atoms with Crippen LogP contribution in [0.4, 0.5) is 0 Å². The fourth-order valence-corrected chi connectivity index (χ4v) is 4.79. The molecule has 2 aromatic carbocycles. The molecule has 7 heteroatoms. The molecule has 2 heterocycles. The minimum atomic E-state index is 0. The van der Waals surface area contributed by atoms with Gasteiger partial charge in [-0.15, -0.1) is 36.6 Å². The third kappa shape index (κ3) is 5.22. The minimum Gasteiger partial charge on any atom is -0.339 e. The highest BCUT2D eigenvalue weighted by molar-refractivity contribution is 7.99. The lowest BCUT2D eigenvalue weighted by Crippen LogP contribution is -2.54. The average Bonchev–Trinajstić information content (AvgIpc) is 3.25. The van der Waals surface area contributed by atoms with Crippen LogP contribution in [0.5, 0.6) is 0 Å². The number of carbonyl (C=O) groups excluding carboxylic acids is 1. The highest BCUT2D eigenvalue weighted by atomic mass is 35.5. The van der Waals surface area contributed by atoms with Crippen molar-refractivity contribution in [3.63, 3.8) is 0 Å². The van der Waals surface area contributed by atoms with Gasteiger partial charge in [0.1, 0.15) is 0 Å². The van der Waals surface area contributed by atoms with Crippen molar-refractivity contribution in [3.05, 3.63) is 71.8 Å². The second-order valence-electron chi connectivity index (χ2n) is 6.86. The Labute approximate surface area is 183 Å². The maximum absolute atomic E-state index is 12.6. The van der Waals surface area contributed by atoms with Gasteiger partial charge in [-0.25, -0.2) is 0 Å². The van der Waals surface area contributed by atoms with Crippen LogP contribution in [0.25, 0.3) is 0 Å². The number of benzene rings is 2. The smallest absolute Gasteiger partial charge is 0.240 e. The maximum Gasteiger partial charge on any atom is 0.240 e. The number of nitrogens with one attached hydrogen (secondary N) is 1. The van der Waals surface area contributed by atoms with Gasteiger partial charge >= 0.3 is 0 Å². The molecular formula is C21H27Cl2N3OS. The molecule has 2 fully saturated rings. The molecule has 2 aliphatic rings. The molecule has 4 rings (SSSR count). The molecule has 1 amide bonds. The van der Waals surface area contributed by atoms with Crippen molar-refractivity contribution in [1.29, 1.82) is 0 Å². The van der Waals surface area contributed by atoms with Crippen molar-refractivity contribution in [1.82, 2.24) is 15.1 Å². The van der Waals surface area contributed by atoms with E-state index in [1.54, 1.807) is 11.8 Å². The Morgan fingerprint density at radius 3 is 1.89 bits per heavy atom. The van der Waals surface area contributed by atoms with Gasteiger partial charge in [0.25, 0.3) is 0 Å². The molecule has 1 unspecified atom stereocenters. The number of piperazine rings is 1. The van der Waals surface area contributed by atoms with Crippen LogP contribution >= 0.6 is 36.6 Å². The van der Waals surface area contributed by atoms with Gasteiger partial charge in [0.15, 0.2) is 0 Å². The Morgan fingerprint density at radius 2 is 1.43 bits per heavy atom. The number of hydrogen-bond donors (Lipinski definition) is 1. The summed E-state index contributed by atoms with van der Waals surface area (Å²) in [6, 6.07) is 21.6. The normalized spacial score (nSPS) is 19.8. The van der Waals surface area contributed by atoms with E-state index in [1.807, 2.05) is 4.90 Å². The molecule has 0 saturated carbocycles. The summed E-state index contributed by atoms with van der Waals surface area (Å²) in [5.41, 5.74) is 2.62. The summed E-state index contributed by atoms with van der Waals surface area (Å²) < 4.78 is 0. The van der Waals surface area contributed by atoms with E-state index in [1.165, 1.54) is 11.1 Å². The molecule has 28 heavy (non-hydrogen) atoms. The van der Waals surface area contributed by atoms with Gasteiger partial charge in [-0.1, -0.05) is 60.7 Å². The van der Waals surface area contributed by atoms with Crippen LogP contribution < -0.4 is 5.32 Å². The minimum absolute atomic E-state index is 0. The summed E-state index contributed by atoms with van der Waals surface area (Å²) in [5, 5.41) is 3.30.